The van der Waals surface area contributed by atoms with Gasteiger partial charge in [-0.15, -0.1) is 0 Å². The lowest BCUT2D eigenvalue weighted by atomic mass is 10.0. The fourth-order valence-electron chi connectivity index (χ4n) is 4.28. The van der Waals surface area contributed by atoms with E-state index in [0.717, 1.165) is 53.4 Å². The van der Waals surface area contributed by atoms with Crippen LogP contribution in [0.5, 0.6) is 0 Å². The second-order valence-electron chi connectivity index (χ2n) is 8.30. The third kappa shape index (κ3) is 4.43. The van der Waals surface area contributed by atoms with Crippen LogP contribution >= 0.6 is 15.9 Å². The van der Waals surface area contributed by atoms with Crippen LogP contribution in [-0.2, 0) is 18.2 Å². The Labute approximate surface area is 196 Å². The quantitative estimate of drug-likeness (QED) is 0.300. The van der Waals surface area contributed by atoms with Crippen LogP contribution in [0.1, 0.15) is 42.3 Å². The van der Waals surface area contributed by atoms with Crippen LogP contribution in [0.3, 0.4) is 0 Å². The average Bonchev–Trinajstić information content (AvgIpc) is 3.42. The molecule has 0 N–H and O–H groups in total. The molecule has 4 aromatic rings. The van der Waals surface area contributed by atoms with Crippen molar-refractivity contribution in [1.29, 1.82) is 0 Å². The molecule has 0 spiro atoms. The summed E-state index contributed by atoms with van der Waals surface area (Å²) in [5.41, 5.74) is 6.88. The molecule has 164 valence electrons. The molecule has 0 aliphatic carbocycles. The van der Waals surface area contributed by atoms with Gasteiger partial charge in [0, 0.05) is 36.1 Å². The van der Waals surface area contributed by atoms with Crippen molar-refractivity contribution >= 4 is 39.0 Å². The molecule has 32 heavy (non-hydrogen) atoms. The minimum Gasteiger partial charge on any atom is -0.356 e. The minimum atomic E-state index is 0.00109. The molecule has 1 aliphatic heterocycles. The van der Waals surface area contributed by atoms with E-state index in [1.54, 1.807) is 0 Å². The maximum Gasteiger partial charge on any atom is 0.150 e. The van der Waals surface area contributed by atoms with Gasteiger partial charge in [0.1, 0.15) is 0 Å². The zero-order chi connectivity index (χ0) is 21.9. The first-order valence-electron chi connectivity index (χ1n) is 11.2. The second-order valence-corrected chi connectivity index (χ2v) is 9.09. The summed E-state index contributed by atoms with van der Waals surface area (Å²) in [6.07, 6.45) is 12.4. The van der Waals surface area contributed by atoms with Gasteiger partial charge in [0.25, 0.3) is 0 Å². The maximum absolute atomic E-state index is 6.06. The number of aromatic nitrogens is 4. The molecular weight excluding hydrogens is 464 g/mol. The highest BCUT2D eigenvalue weighted by atomic mass is 79.9. The first-order valence-corrected chi connectivity index (χ1v) is 12.3. The molecule has 1 fully saturated rings. The molecule has 1 atom stereocenters. The highest BCUT2D eigenvalue weighted by molar-refractivity contribution is 9.09. The van der Waals surface area contributed by atoms with Gasteiger partial charge in [0.15, 0.2) is 6.23 Å². The predicted molar refractivity (Wildman–Crippen MR) is 134 cm³/mol. The monoisotopic (exact) mass is 490 g/mol. The van der Waals surface area contributed by atoms with Gasteiger partial charge in [-0.3, -0.25) is 4.68 Å². The van der Waals surface area contributed by atoms with E-state index < -0.39 is 0 Å². The Balaban J connectivity index is 1.56. The topological polar surface area (TPSA) is 44.9 Å². The lowest BCUT2D eigenvalue weighted by molar-refractivity contribution is -0.0367. The third-order valence-electron chi connectivity index (χ3n) is 5.99. The van der Waals surface area contributed by atoms with E-state index >= 15 is 0 Å². The zero-order valence-electron chi connectivity index (χ0n) is 18.2. The molecule has 0 amide bonds. The van der Waals surface area contributed by atoms with E-state index in [2.05, 4.69) is 80.3 Å². The van der Waals surface area contributed by atoms with Crippen molar-refractivity contribution in [3.63, 3.8) is 0 Å². The van der Waals surface area contributed by atoms with Crippen molar-refractivity contribution in [2.45, 2.75) is 31.9 Å². The molecule has 1 unspecified atom stereocenters. The van der Waals surface area contributed by atoms with Crippen LogP contribution in [0.25, 0.3) is 34.2 Å². The lowest BCUT2D eigenvalue weighted by Crippen LogP contribution is -2.19. The summed E-state index contributed by atoms with van der Waals surface area (Å²) in [6.45, 7) is 0.797. The van der Waals surface area contributed by atoms with E-state index in [4.69, 9.17) is 9.84 Å². The molecule has 5 nitrogen and oxygen atoms in total. The van der Waals surface area contributed by atoms with Crippen LogP contribution in [0.15, 0.2) is 54.9 Å². The highest BCUT2D eigenvalue weighted by Crippen LogP contribution is 2.32. The number of nitrogens with zero attached hydrogens (tertiary/aromatic N) is 4. The average molecular weight is 491 g/mol. The number of fused-ring (bicyclic) bond motifs is 1. The number of hydrogen-bond donors (Lipinski definition) is 0. The molecule has 2 aromatic heterocycles. The summed E-state index contributed by atoms with van der Waals surface area (Å²) in [6, 6.07) is 15.5. The van der Waals surface area contributed by atoms with E-state index in [-0.39, 0.29) is 6.23 Å². The summed E-state index contributed by atoms with van der Waals surface area (Å²) in [4.78, 5) is 0. The van der Waals surface area contributed by atoms with Crippen molar-refractivity contribution in [1.82, 2.24) is 19.6 Å². The molecule has 5 rings (SSSR count). The van der Waals surface area contributed by atoms with Crippen LogP contribution < -0.4 is 0 Å². The zero-order valence-corrected chi connectivity index (χ0v) is 19.8. The van der Waals surface area contributed by atoms with E-state index in [9.17, 15) is 0 Å². The number of alkyl halides is 1. The van der Waals surface area contributed by atoms with Gasteiger partial charge in [-0.05, 0) is 66.7 Å². The van der Waals surface area contributed by atoms with E-state index in [0.29, 0.717) is 0 Å². The van der Waals surface area contributed by atoms with Crippen molar-refractivity contribution in [2.75, 3.05) is 11.9 Å². The van der Waals surface area contributed by atoms with Crippen molar-refractivity contribution in [3.8, 4) is 11.1 Å². The molecule has 1 aliphatic rings. The number of halogens is 1. The highest BCUT2D eigenvalue weighted by Gasteiger charge is 2.20. The van der Waals surface area contributed by atoms with Crippen molar-refractivity contribution in [2.24, 2.45) is 7.05 Å². The van der Waals surface area contributed by atoms with Crippen LogP contribution in [0, 0.1) is 0 Å². The maximum atomic E-state index is 6.06. The van der Waals surface area contributed by atoms with Gasteiger partial charge in [-0.2, -0.15) is 10.2 Å². The number of hydrogen-bond acceptors (Lipinski definition) is 3. The second kappa shape index (κ2) is 9.43. The van der Waals surface area contributed by atoms with Crippen molar-refractivity contribution < 1.29 is 4.74 Å². The molecule has 3 heterocycles. The van der Waals surface area contributed by atoms with Gasteiger partial charge >= 0.3 is 0 Å². The molecule has 2 aromatic carbocycles. The van der Waals surface area contributed by atoms with Gasteiger partial charge in [-0.25, -0.2) is 4.68 Å². The predicted octanol–water partition coefficient (Wildman–Crippen LogP) is 6.24. The van der Waals surface area contributed by atoms with Gasteiger partial charge in [0.2, 0.25) is 0 Å². The van der Waals surface area contributed by atoms with Crippen LogP contribution in [0.2, 0.25) is 0 Å². The lowest BCUT2D eigenvalue weighted by Gasteiger charge is -2.23. The Morgan fingerprint density at radius 1 is 1.09 bits per heavy atom. The SMILES string of the molecule is Cn1cc(/C=C/c2nn(C3CCCCO3)c3ccc(-c4ccc(CCBr)cc4)cc23)cn1. The standard InChI is InChI=1S/C26H27BrN4O/c1-30-18-20(17-28-30)7-11-24-23-16-22(21-8-5-19(6-9-21)13-14-27)10-12-25(23)31(29-24)26-4-2-3-15-32-26/h5-12,16-18,26H,2-4,13-15H2,1H3/b11-7+. The van der Waals surface area contributed by atoms with Gasteiger partial charge in [-0.1, -0.05) is 46.3 Å². The smallest absolute Gasteiger partial charge is 0.150 e. The molecule has 0 radical (unpaired) electrons. The Morgan fingerprint density at radius 2 is 1.94 bits per heavy atom. The fraction of sp³-hybridized carbons (Fsp3) is 0.308. The minimum absolute atomic E-state index is 0.00109. The molecule has 1 saturated heterocycles. The first-order chi connectivity index (χ1) is 15.7. The van der Waals surface area contributed by atoms with Crippen LogP contribution in [0.4, 0.5) is 0 Å². The first kappa shape index (κ1) is 21.2. The molecular formula is C26H27BrN4O. The largest absolute Gasteiger partial charge is 0.356 e. The Bertz CT molecular complexity index is 1230. The van der Waals surface area contributed by atoms with Crippen LogP contribution in [-0.4, -0.2) is 31.5 Å². The summed E-state index contributed by atoms with van der Waals surface area (Å²) < 4.78 is 9.94. The summed E-state index contributed by atoms with van der Waals surface area (Å²) in [7, 11) is 1.93. The number of ether oxygens (including phenoxy) is 1. The van der Waals surface area contributed by atoms with E-state index in [1.807, 2.05) is 24.1 Å². The Morgan fingerprint density at radius 3 is 2.66 bits per heavy atom. The summed E-state index contributed by atoms with van der Waals surface area (Å²) >= 11 is 3.52. The number of benzene rings is 2. The normalized spacial score (nSPS) is 16.9. The third-order valence-corrected chi connectivity index (χ3v) is 6.39. The number of aryl methyl sites for hydroxylation is 2. The molecule has 0 bridgehead atoms. The Hall–Kier alpha value is -2.70. The summed E-state index contributed by atoms with van der Waals surface area (Å²) in [5, 5.41) is 11.4. The summed E-state index contributed by atoms with van der Waals surface area (Å²) in [5.74, 6) is 0. The van der Waals surface area contributed by atoms with Crippen molar-refractivity contribution in [3.05, 3.63) is 71.7 Å². The van der Waals surface area contributed by atoms with Gasteiger partial charge in [0.05, 0.1) is 17.4 Å². The molecule has 6 heteroatoms. The van der Waals surface area contributed by atoms with E-state index in [1.165, 1.54) is 23.1 Å². The fourth-order valence-corrected chi connectivity index (χ4v) is 4.74. The molecule has 0 saturated carbocycles. The van der Waals surface area contributed by atoms with Gasteiger partial charge < -0.3 is 4.74 Å². The Kier molecular flexibility index (Phi) is 6.23. The number of rotatable bonds is 6.